The Morgan fingerprint density at radius 1 is 1.10 bits per heavy atom. The van der Waals surface area contributed by atoms with Crippen LogP contribution in [0, 0.1) is 5.92 Å². The zero-order chi connectivity index (χ0) is 13.8. The summed E-state index contributed by atoms with van der Waals surface area (Å²) in [7, 11) is 2.11. The lowest BCUT2D eigenvalue weighted by atomic mass is 9.82. The maximum Gasteiger partial charge on any atom is 0.0628 e. The van der Waals surface area contributed by atoms with E-state index < -0.39 is 0 Å². The van der Waals surface area contributed by atoms with Crippen LogP contribution in [0.2, 0.25) is 0 Å². The average molecular weight is 275 g/mol. The summed E-state index contributed by atoms with van der Waals surface area (Å²) >= 11 is 0. The molecule has 1 N–H and O–H groups in total. The Morgan fingerprint density at radius 3 is 2.65 bits per heavy atom. The molecule has 3 rings (SSSR count). The maximum absolute atomic E-state index is 4.89. The topological polar surface area (TPSA) is 29.9 Å². The molecule has 3 heteroatoms. The first kappa shape index (κ1) is 14.1. The minimum atomic E-state index is 0.670. The highest BCUT2D eigenvalue weighted by atomic mass is 15.3. The van der Waals surface area contributed by atoms with Gasteiger partial charge in [0.15, 0.2) is 0 Å². The van der Waals surface area contributed by atoms with E-state index in [-0.39, 0.29) is 0 Å². The molecule has 0 aliphatic heterocycles. The summed E-state index contributed by atoms with van der Waals surface area (Å²) in [5.41, 5.74) is 1.31. The van der Waals surface area contributed by atoms with Crippen molar-refractivity contribution in [3.8, 4) is 0 Å². The Hall–Kier alpha value is -0.830. The Balaban J connectivity index is 1.61. The summed E-state index contributed by atoms with van der Waals surface area (Å²) in [5.74, 6) is 0.781. The molecule has 1 heterocycles. The van der Waals surface area contributed by atoms with Gasteiger partial charge in [0, 0.05) is 12.2 Å². The van der Waals surface area contributed by atoms with Gasteiger partial charge in [0.05, 0.1) is 11.7 Å². The molecule has 0 amide bonds. The van der Waals surface area contributed by atoms with Crippen LogP contribution >= 0.6 is 0 Å². The normalized spacial score (nSPS) is 28.6. The van der Waals surface area contributed by atoms with Crippen LogP contribution in [0.1, 0.15) is 69.5 Å². The van der Waals surface area contributed by atoms with E-state index in [4.69, 9.17) is 5.10 Å². The molecule has 0 aromatic carbocycles. The third-order valence-electron chi connectivity index (χ3n) is 5.36. The van der Waals surface area contributed by atoms with Gasteiger partial charge < -0.3 is 5.32 Å². The highest BCUT2D eigenvalue weighted by molar-refractivity contribution is 5.03. The molecule has 2 fully saturated rings. The van der Waals surface area contributed by atoms with Crippen molar-refractivity contribution in [2.75, 3.05) is 7.05 Å². The van der Waals surface area contributed by atoms with Gasteiger partial charge in [0.25, 0.3) is 0 Å². The van der Waals surface area contributed by atoms with Crippen LogP contribution in [0.3, 0.4) is 0 Å². The maximum atomic E-state index is 4.89. The monoisotopic (exact) mass is 275 g/mol. The molecule has 2 aliphatic rings. The van der Waals surface area contributed by atoms with E-state index in [9.17, 15) is 0 Å². The van der Waals surface area contributed by atoms with Crippen molar-refractivity contribution in [3.05, 3.63) is 18.0 Å². The van der Waals surface area contributed by atoms with Gasteiger partial charge in [-0.15, -0.1) is 0 Å². The minimum Gasteiger partial charge on any atom is -0.317 e. The molecule has 112 valence electrons. The second-order valence-corrected chi connectivity index (χ2v) is 6.72. The third-order valence-corrected chi connectivity index (χ3v) is 5.36. The zero-order valence-corrected chi connectivity index (χ0v) is 12.9. The summed E-state index contributed by atoms with van der Waals surface area (Å²) in [5, 5.41) is 8.40. The molecular formula is C17H29N3. The van der Waals surface area contributed by atoms with Crippen LogP contribution in [0.4, 0.5) is 0 Å². The van der Waals surface area contributed by atoms with Gasteiger partial charge in [-0.3, -0.25) is 4.68 Å². The Bertz CT molecular complexity index is 406. The van der Waals surface area contributed by atoms with E-state index in [0.29, 0.717) is 12.1 Å². The number of aromatic nitrogens is 2. The summed E-state index contributed by atoms with van der Waals surface area (Å²) < 4.78 is 2.26. The van der Waals surface area contributed by atoms with Crippen LogP contribution in [0.5, 0.6) is 0 Å². The molecule has 1 aromatic heterocycles. The largest absolute Gasteiger partial charge is 0.317 e. The van der Waals surface area contributed by atoms with Crippen LogP contribution in [0.25, 0.3) is 0 Å². The summed E-state index contributed by atoms with van der Waals surface area (Å²) in [6.07, 6.45) is 15.7. The quantitative estimate of drug-likeness (QED) is 0.908. The van der Waals surface area contributed by atoms with E-state index in [0.717, 1.165) is 12.3 Å². The van der Waals surface area contributed by atoms with E-state index in [2.05, 4.69) is 29.3 Å². The molecule has 1 aromatic rings. The van der Waals surface area contributed by atoms with Crippen molar-refractivity contribution >= 4 is 0 Å². The van der Waals surface area contributed by atoms with E-state index in [1.807, 2.05) is 0 Å². The zero-order valence-electron chi connectivity index (χ0n) is 12.9. The predicted octanol–water partition coefficient (Wildman–Crippen LogP) is 3.71. The van der Waals surface area contributed by atoms with Gasteiger partial charge in [-0.25, -0.2) is 0 Å². The first-order valence-corrected chi connectivity index (χ1v) is 8.58. The molecule has 2 unspecified atom stereocenters. The van der Waals surface area contributed by atoms with Crippen molar-refractivity contribution in [1.29, 1.82) is 0 Å². The van der Waals surface area contributed by atoms with Gasteiger partial charge in [0.2, 0.25) is 0 Å². The molecule has 0 bridgehead atoms. The molecule has 20 heavy (non-hydrogen) atoms. The lowest BCUT2D eigenvalue weighted by molar-refractivity contribution is 0.269. The van der Waals surface area contributed by atoms with E-state index >= 15 is 0 Å². The molecule has 0 spiro atoms. The number of rotatable bonds is 4. The second kappa shape index (κ2) is 6.75. The van der Waals surface area contributed by atoms with Crippen molar-refractivity contribution in [2.24, 2.45) is 5.92 Å². The first-order valence-electron chi connectivity index (χ1n) is 8.58. The molecular weight excluding hydrogens is 246 g/mol. The van der Waals surface area contributed by atoms with Crippen molar-refractivity contribution in [3.63, 3.8) is 0 Å². The minimum absolute atomic E-state index is 0.670. The standard InChI is InChI=1S/C17H29N3/c1-18-17-10-6-5-7-14(17)13-15-11-12-20(19-15)16-8-3-2-4-9-16/h11-12,14,16-18H,2-10,13H2,1H3. The van der Waals surface area contributed by atoms with E-state index in [1.54, 1.807) is 0 Å². The predicted molar refractivity (Wildman–Crippen MR) is 82.9 cm³/mol. The Labute approximate surface area is 123 Å². The van der Waals surface area contributed by atoms with Crippen molar-refractivity contribution < 1.29 is 0 Å². The van der Waals surface area contributed by atoms with Crippen LogP contribution in [0.15, 0.2) is 12.3 Å². The number of hydrogen-bond acceptors (Lipinski definition) is 2. The molecule has 2 atom stereocenters. The summed E-state index contributed by atoms with van der Waals surface area (Å²) in [6, 6.07) is 3.63. The SMILES string of the molecule is CNC1CCCCC1Cc1ccn(C2CCCCC2)n1. The Morgan fingerprint density at radius 2 is 1.85 bits per heavy atom. The highest BCUT2D eigenvalue weighted by Crippen LogP contribution is 2.29. The third kappa shape index (κ3) is 3.25. The lowest BCUT2D eigenvalue weighted by Crippen LogP contribution is -2.37. The summed E-state index contributed by atoms with van der Waals surface area (Å²) in [6.45, 7) is 0. The number of hydrogen-bond donors (Lipinski definition) is 1. The smallest absolute Gasteiger partial charge is 0.0628 e. The van der Waals surface area contributed by atoms with Crippen LogP contribution < -0.4 is 5.32 Å². The molecule has 2 aliphatic carbocycles. The lowest BCUT2D eigenvalue weighted by Gasteiger charge is -2.30. The fourth-order valence-corrected chi connectivity index (χ4v) is 4.14. The fourth-order valence-electron chi connectivity index (χ4n) is 4.14. The van der Waals surface area contributed by atoms with Crippen LogP contribution in [-0.2, 0) is 6.42 Å². The molecule has 0 saturated heterocycles. The second-order valence-electron chi connectivity index (χ2n) is 6.72. The number of nitrogens with zero attached hydrogens (tertiary/aromatic N) is 2. The highest BCUT2D eigenvalue weighted by Gasteiger charge is 2.25. The summed E-state index contributed by atoms with van der Waals surface area (Å²) in [4.78, 5) is 0. The van der Waals surface area contributed by atoms with Gasteiger partial charge in [-0.05, 0) is 51.1 Å². The van der Waals surface area contributed by atoms with Gasteiger partial charge in [-0.1, -0.05) is 32.1 Å². The average Bonchev–Trinajstić information content (AvgIpc) is 2.97. The van der Waals surface area contributed by atoms with Crippen LogP contribution in [-0.4, -0.2) is 22.9 Å². The van der Waals surface area contributed by atoms with Gasteiger partial charge in [-0.2, -0.15) is 5.10 Å². The van der Waals surface area contributed by atoms with E-state index in [1.165, 1.54) is 63.5 Å². The van der Waals surface area contributed by atoms with Gasteiger partial charge in [0.1, 0.15) is 0 Å². The molecule has 2 saturated carbocycles. The Kier molecular flexibility index (Phi) is 4.77. The van der Waals surface area contributed by atoms with Gasteiger partial charge >= 0.3 is 0 Å². The number of nitrogens with one attached hydrogen (secondary N) is 1. The van der Waals surface area contributed by atoms with Crippen molar-refractivity contribution in [2.45, 2.75) is 76.3 Å². The molecule has 0 radical (unpaired) electrons. The molecule has 3 nitrogen and oxygen atoms in total. The van der Waals surface area contributed by atoms with Crippen molar-refractivity contribution in [1.82, 2.24) is 15.1 Å². The first-order chi connectivity index (χ1) is 9.86. The fraction of sp³-hybridized carbons (Fsp3) is 0.824.